The molecule has 2 unspecified atom stereocenters. The quantitative estimate of drug-likeness (QED) is 0.369. The summed E-state index contributed by atoms with van der Waals surface area (Å²) in [5, 5.41) is 12.5. The molecule has 0 bridgehead atoms. The first-order valence-corrected chi connectivity index (χ1v) is 7.18. The summed E-state index contributed by atoms with van der Waals surface area (Å²) in [4.78, 5) is 16.2. The Balaban J connectivity index is 2.14. The van der Waals surface area contributed by atoms with Gasteiger partial charge in [-0.3, -0.25) is 4.79 Å². The average Bonchev–Trinajstić information content (AvgIpc) is 2.77. The van der Waals surface area contributed by atoms with Crippen LogP contribution in [0.25, 0.3) is 0 Å². The van der Waals surface area contributed by atoms with E-state index in [1.807, 2.05) is 17.2 Å². The molecule has 2 atom stereocenters. The second-order valence-electron chi connectivity index (χ2n) is 5.05. The molecule has 5 nitrogen and oxygen atoms in total. The van der Waals surface area contributed by atoms with Gasteiger partial charge >= 0.3 is 0 Å². The summed E-state index contributed by atoms with van der Waals surface area (Å²) >= 11 is 5.68. The number of carbonyl (C=O) groups is 1. The van der Waals surface area contributed by atoms with Gasteiger partial charge in [-0.15, -0.1) is 11.6 Å². The van der Waals surface area contributed by atoms with Crippen LogP contribution in [-0.2, 0) is 4.79 Å². The summed E-state index contributed by atoms with van der Waals surface area (Å²) in [6.45, 7) is 1.41. The van der Waals surface area contributed by atoms with Crippen molar-refractivity contribution < 1.29 is 10.0 Å². The predicted molar refractivity (Wildman–Crippen MR) is 74.6 cm³/mol. The molecule has 2 heterocycles. The molecule has 1 saturated heterocycles. The SMILES string of the molecule is CN1CC/C(=N/O)C2C=CN(CCCCCl)C2C1=O. The minimum Gasteiger partial charge on any atom is -0.411 e. The van der Waals surface area contributed by atoms with Crippen molar-refractivity contribution in [1.29, 1.82) is 0 Å². The Morgan fingerprint density at radius 1 is 1.53 bits per heavy atom. The van der Waals surface area contributed by atoms with Crippen LogP contribution in [0, 0.1) is 5.92 Å². The van der Waals surface area contributed by atoms with Gasteiger partial charge < -0.3 is 15.0 Å². The fourth-order valence-corrected chi connectivity index (χ4v) is 2.89. The zero-order valence-corrected chi connectivity index (χ0v) is 11.9. The van der Waals surface area contributed by atoms with E-state index in [0.717, 1.165) is 19.4 Å². The first kappa shape index (κ1) is 14.2. The lowest BCUT2D eigenvalue weighted by Crippen LogP contribution is -2.46. The van der Waals surface area contributed by atoms with E-state index in [0.29, 0.717) is 24.6 Å². The summed E-state index contributed by atoms with van der Waals surface area (Å²) in [5.41, 5.74) is 0.693. The third-order valence-electron chi connectivity index (χ3n) is 3.83. The number of halogens is 1. The molecule has 0 aromatic carbocycles. The minimum atomic E-state index is -0.256. The molecule has 0 spiro atoms. The van der Waals surface area contributed by atoms with E-state index in [1.54, 1.807) is 11.9 Å². The summed E-state index contributed by atoms with van der Waals surface area (Å²) in [6.07, 6.45) is 6.44. The van der Waals surface area contributed by atoms with Crippen molar-refractivity contribution >= 4 is 23.2 Å². The molecule has 0 saturated carbocycles. The lowest BCUT2D eigenvalue weighted by Gasteiger charge is -2.29. The predicted octanol–water partition coefficient (Wildman–Crippen LogP) is 1.51. The van der Waals surface area contributed by atoms with Gasteiger partial charge in [-0.25, -0.2) is 0 Å². The number of unbranched alkanes of at least 4 members (excludes halogenated alkanes) is 1. The molecule has 2 rings (SSSR count). The molecule has 2 aliphatic rings. The van der Waals surface area contributed by atoms with Crippen molar-refractivity contribution in [3.05, 3.63) is 12.3 Å². The van der Waals surface area contributed by atoms with E-state index < -0.39 is 0 Å². The van der Waals surface area contributed by atoms with Crippen LogP contribution in [0.4, 0.5) is 0 Å². The monoisotopic (exact) mass is 285 g/mol. The summed E-state index contributed by atoms with van der Waals surface area (Å²) in [5.74, 6) is 0.640. The molecule has 1 N–H and O–H groups in total. The van der Waals surface area contributed by atoms with Crippen LogP contribution in [0.3, 0.4) is 0 Å². The molecule has 1 fully saturated rings. The normalized spacial score (nSPS) is 28.9. The molecular formula is C13H20ClN3O2. The Labute approximate surface area is 118 Å². The number of carbonyl (C=O) groups excluding carboxylic acids is 1. The zero-order chi connectivity index (χ0) is 13.8. The smallest absolute Gasteiger partial charge is 0.246 e. The number of alkyl halides is 1. The van der Waals surface area contributed by atoms with Gasteiger partial charge in [0.2, 0.25) is 5.91 Å². The van der Waals surface area contributed by atoms with Gasteiger partial charge in [0.15, 0.2) is 0 Å². The minimum absolute atomic E-state index is 0.0968. The molecular weight excluding hydrogens is 266 g/mol. The fraction of sp³-hybridized carbons (Fsp3) is 0.692. The Hall–Kier alpha value is -1.23. The number of likely N-dealkylation sites (N-methyl/N-ethyl adjacent to an activating group) is 1. The average molecular weight is 286 g/mol. The van der Waals surface area contributed by atoms with Crippen molar-refractivity contribution in [2.75, 3.05) is 26.0 Å². The van der Waals surface area contributed by atoms with Crippen molar-refractivity contribution in [1.82, 2.24) is 9.80 Å². The molecule has 0 aromatic rings. The van der Waals surface area contributed by atoms with Crippen molar-refractivity contribution in [2.24, 2.45) is 11.1 Å². The molecule has 106 valence electrons. The van der Waals surface area contributed by atoms with Gasteiger partial charge in [-0.05, 0) is 19.0 Å². The van der Waals surface area contributed by atoms with Crippen molar-refractivity contribution in [2.45, 2.75) is 25.3 Å². The molecule has 6 heteroatoms. The van der Waals surface area contributed by atoms with Crippen molar-refractivity contribution in [3.63, 3.8) is 0 Å². The largest absolute Gasteiger partial charge is 0.411 e. The van der Waals surface area contributed by atoms with Crippen LogP contribution in [0.15, 0.2) is 17.4 Å². The van der Waals surface area contributed by atoms with E-state index in [-0.39, 0.29) is 17.9 Å². The Morgan fingerprint density at radius 2 is 2.32 bits per heavy atom. The molecule has 0 aromatic heterocycles. The van der Waals surface area contributed by atoms with Gasteiger partial charge in [-0.2, -0.15) is 0 Å². The van der Waals surface area contributed by atoms with E-state index in [9.17, 15) is 4.79 Å². The molecule has 0 aliphatic carbocycles. The molecule has 1 amide bonds. The van der Waals surface area contributed by atoms with Crippen LogP contribution in [0.1, 0.15) is 19.3 Å². The molecule has 2 aliphatic heterocycles. The first-order valence-electron chi connectivity index (χ1n) is 6.65. The van der Waals surface area contributed by atoms with Gasteiger partial charge in [0.05, 0.1) is 5.71 Å². The van der Waals surface area contributed by atoms with Gasteiger partial charge in [0, 0.05) is 38.4 Å². The fourth-order valence-electron chi connectivity index (χ4n) is 2.70. The third kappa shape index (κ3) is 2.86. The van der Waals surface area contributed by atoms with E-state index in [1.165, 1.54) is 0 Å². The summed E-state index contributed by atoms with van der Waals surface area (Å²) < 4.78 is 0. The van der Waals surface area contributed by atoms with Gasteiger partial charge in [0.1, 0.15) is 6.04 Å². The van der Waals surface area contributed by atoms with E-state index >= 15 is 0 Å². The maximum absolute atomic E-state index is 12.4. The van der Waals surface area contributed by atoms with Crippen LogP contribution in [0.5, 0.6) is 0 Å². The molecule has 19 heavy (non-hydrogen) atoms. The maximum Gasteiger partial charge on any atom is 0.246 e. The van der Waals surface area contributed by atoms with Crippen LogP contribution in [0.2, 0.25) is 0 Å². The maximum atomic E-state index is 12.4. The number of hydrogen-bond acceptors (Lipinski definition) is 4. The summed E-state index contributed by atoms with van der Waals surface area (Å²) in [6, 6.07) is -0.256. The number of hydrogen-bond donors (Lipinski definition) is 1. The highest BCUT2D eigenvalue weighted by Gasteiger charge is 2.41. The number of fused-ring (bicyclic) bond motifs is 1. The number of nitrogens with zero attached hydrogens (tertiary/aromatic N) is 3. The highest BCUT2D eigenvalue weighted by molar-refractivity contribution is 6.17. The Morgan fingerprint density at radius 3 is 3.00 bits per heavy atom. The van der Waals surface area contributed by atoms with Gasteiger partial charge in [0.25, 0.3) is 0 Å². The highest BCUT2D eigenvalue weighted by atomic mass is 35.5. The second-order valence-corrected chi connectivity index (χ2v) is 5.43. The Bertz CT molecular complexity index is 397. The molecule has 0 radical (unpaired) electrons. The summed E-state index contributed by atoms with van der Waals surface area (Å²) in [7, 11) is 1.80. The highest BCUT2D eigenvalue weighted by Crippen LogP contribution is 2.28. The van der Waals surface area contributed by atoms with Crippen molar-refractivity contribution in [3.8, 4) is 0 Å². The number of amides is 1. The van der Waals surface area contributed by atoms with Crippen LogP contribution in [-0.4, -0.2) is 58.7 Å². The van der Waals surface area contributed by atoms with Gasteiger partial charge in [-0.1, -0.05) is 11.2 Å². The number of likely N-dealkylation sites (tertiary alicyclic amines) is 1. The number of rotatable bonds is 4. The lowest BCUT2D eigenvalue weighted by atomic mass is 9.95. The zero-order valence-electron chi connectivity index (χ0n) is 11.1. The van der Waals surface area contributed by atoms with Crippen LogP contribution < -0.4 is 0 Å². The van der Waals surface area contributed by atoms with Crippen LogP contribution >= 0.6 is 11.6 Å². The Kier molecular flexibility index (Phi) is 4.69. The first-order chi connectivity index (χ1) is 9.19. The van der Waals surface area contributed by atoms with E-state index in [2.05, 4.69) is 5.16 Å². The third-order valence-corrected chi connectivity index (χ3v) is 4.10. The topological polar surface area (TPSA) is 56.1 Å². The second kappa shape index (κ2) is 6.28. The number of oxime groups is 1. The standard InChI is InChI=1S/C13H20ClN3O2/c1-16-8-5-11(15-19)10-4-9-17(7-3-2-6-14)12(10)13(16)18/h4,9-10,12,19H,2-3,5-8H2,1H3/b15-11-. The lowest BCUT2D eigenvalue weighted by molar-refractivity contribution is -0.134. The van der Waals surface area contributed by atoms with E-state index in [4.69, 9.17) is 16.8 Å².